The maximum atomic E-state index is 12.4. The van der Waals surface area contributed by atoms with Crippen LogP contribution in [0.1, 0.15) is 32.1 Å². The number of ether oxygens (including phenoxy) is 1. The number of para-hydroxylation sites is 2. The van der Waals surface area contributed by atoms with Crippen LogP contribution in [-0.2, 0) is 4.79 Å². The Hall–Kier alpha value is -1.75. The van der Waals surface area contributed by atoms with Crippen LogP contribution in [0.15, 0.2) is 24.3 Å². The summed E-state index contributed by atoms with van der Waals surface area (Å²) in [6.07, 6.45) is 5.82. The number of rotatable bonds is 6. The second-order valence-electron chi connectivity index (χ2n) is 6.73. The maximum Gasteiger partial charge on any atom is 0.223 e. The third kappa shape index (κ3) is 4.20. The molecule has 1 saturated carbocycles. The topological polar surface area (TPSA) is 44.8 Å². The number of hydrogen-bond donors (Lipinski definition) is 1. The SMILES string of the molecule is COc1ccccc1N1CCN(C(=O)CCNC2CCCC2)CC1. The molecule has 1 aromatic carbocycles. The first-order chi connectivity index (χ1) is 11.8. The number of piperazine rings is 1. The van der Waals surface area contributed by atoms with Crippen molar-refractivity contribution in [3.8, 4) is 5.75 Å². The van der Waals surface area contributed by atoms with Crippen molar-refractivity contribution in [3.05, 3.63) is 24.3 Å². The molecule has 5 nitrogen and oxygen atoms in total. The molecule has 2 aliphatic rings. The van der Waals surface area contributed by atoms with Gasteiger partial charge in [0.15, 0.2) is 0 Å². The first-order valence-corrected chi connectivity index (χ1v) is 9.17. The molecule has 1 heterocycles. The number of hydrogen-bond acceptors (Lipinski definition) is 4. The van der Waals surface area contributed by atoms with Gasteiger partial charge < -0.3 is 19.9 Å². The lowest BCUT2D eigenvalue weighted by atomic mass is 10.2. The fourth-order valence-electron chi connectivity index (χ4n) is 3.76. The minimum Gasteiger partial charge on any atom is -0.495 e. The van der Waals surface area contributed by atoms with E-state index in [4.69, 9.17) is 4.74 Å². The molecule has 2 fully saturated rings. The van der Waals surface area contributed by atoms with Gasteiger partial charge in [-0.25, -0.2) is 0 Å². The summed E-state index contributed by atoms with van der Waals surface area (Å²) in [5.41, 5.74) is 1.12. The van der Waals surface area contributed by atoms with Crippen LogP contribution in [0, 0.1) is 0 Å². The Morgan fingerprint density at radius 1 is 1.17 bits per heavy atom. The number of amides is 1. The lowest BCUT2D eigenvalue weighted by Gasteiger charge is -2.36. The molecule has 0 bridgehead atoms. The van der Waals surface area contributed by atoms with E-state index in [-0.39, 0.29) is 5.91 Å². The first-order valence-electron chi connectivity index (χ1n) is 9.17. The molecule has 1 N–H and O–H groups in total. The van der Waals surface area contributed by atoms with Gasteiger partial charge in [0, 0.05) is 45.2 Å². The van der Waals surface area contributed by atoms with E-state index in [1.807, 2.05) is 23.1 Å². The molecule has 132 valence electrons. The average Bonchev–Trinajstić information content (AvgIpc) is 3.15. The quantitative estimate of drug-likeness (QED) is 0.868. The highest BCUT2D eigenvalue weighted by molar-refractivity contribution is 5.76. The van der Waals surface area contributed by atoms with Crippen LogP contribution in [0.25, 0.3) is 0 Å². The fourth-order valence-corrected chi connectivity index (χ4v) is 3.76. The zero-order valence-electron chi connectivity index (χ0n) is 14.7. The highest BCUT2D eigenvalue weighted by Crippen LogP contribution is 2.28. The van der Waals surface area contributed by atoms with E-state index in [1.165, 1.54) is 25.7 Å². The Labute approximate surface area is 145 Å². The van der Waals surface area contributed by atoms with E-state index in [2.05, 4.69) is 16.3 Å². The highest BCUT2D eigenvalue weighted by atomic mass is 16.5. The summed E-state index contributed by atoms with van der Waals surface area (Å²) < 4.78 is 5.44. The summed E-state index contributed by atoms with van der Waals surface area (Å²) >= 11 is 0. The number of carbonyl (C=O) groups is 1. The summed E-state index contributed by atoms with van der Waals surface area (Å²) in [4.78, 5) is 16.7. The number of carbonyl (C=O) groups excluding carboxylic acids is 1. The van der Waals surface area contributed by atoms with Crippen LogP contribution in [0.3, 0.4) is 0 Å². The third-order valence-electron chi connectivity index (χ3n) is 5.19. The molecule has 0 aromatic heterocycles. The van der Waals surface area contributed by atoms with Gasteiger partial charge in [-0.05, 0) is 25.0 Å². The van der Waals surface area contributed by atoms with Crippen molar-refractivity contribution < 1.29 is 9.53 Å². The van der Waals surface area contributed by atoms with E-state index in [9.17, 15) is 4.79 Å². The first kappa shape index (κ1) is 17.1. The van der Waals surface area contributed by atoms with E-state index >= 15 is 0 Å². The molecule has 5 heteroatoms. The molecule has 1 aliphatic heterocycles. The molecule has 0 radical (unpaired) electrons. The van der Waals surface area contributed by atoms with Gasteiger partial charge in [0.05, 0.1) is 12.8 Å². The Balaban J connectivity index is 1.43. The number of methoxy groups -OCH3 is 1. The molecule has 1 saturated heterocycles. The predicted octanol–water partition coefficient (Wildman–Crippen LogP) is 2.27. The normalized spacial score (nSPS) is 18.9. The lowest BCUT2D eigenvalue weighted by Crippen LogP contribution is -2.49. The molecule has 0 spiro atoms. The zero-order chi connectivity index (χ0) is 16.8. The van der Waals surface area contributed by atoms with E-state index in [0.717, 1.165) is 44.2 Å². The van der Waals surface area contributed by atoms with Crippen LogP contribution in [0.2, 0.25) is 0 Å². The molecular weight excluding hydrogens is 302 g/mol. The van der Waals surface area contributed by atoms with E-state index in [1.54, 1.807) is 7.11 Å². The van der Waals surface area contributed by atoms with Crippen molar-refractivity contribution >= 4 is 11.6 Å². The van der Waals surface area contributed by atoms with Gasteiger partial charge >= 0.3 is 0 Å². The van der Waals surface area contributed by atoms with Crippen LogP contribution < -0.4 is 15.0 Å². The van der Waals surface area contributed by atoms with Crippen LogP contribution >= 0.6 is 0 Å². The van der Waals surface area contributed by atoms with Gasteiger partial charge in [-0.1, -0.05) is 25.0 Å². The monoisotopic (exact) mass is 331 g/mol. The van der Waals surface area contributed by atoms with Crippen LogP contribution in [-0.4, -0.2) is 56.7 Å². The Kier molecular flexibility index (Phi) is 5.96. The summed E-state index contributed by atoms with van der Waals surface area (Å²) in [7, 11) is 1.70. The predicted molar refractivity (Wildman–Crippen MR) is 96.7 cm³/mol. The smallest absolute Gasteiger partial charge is 0.223 e. The number of benzene rings is 1. The van der Waals surface area contributed by atoms with Crippen molar-refractivity contribution in [1.82, 2.24) is 10.2 Å². The number of anilines is 1. The third-order valence-corrected chi connectivity index (χ3v) is 5.19. The van der Waals surface area contributed by atoms with Crippen LogP contribution in [0.5, 0.6) is 5.75 Å². The molecule has 1 aromatic rings. The molecule has 1 aliphatic carbocycles. The molecule has 24 heavy (non-hydrogen) atoms. The van der Waals surface area contributed by atoms with Crippen molar-refractivity contribution in [2.24, 2.45) is 0 Å². The Morgan fingerprint density at radius 3 is 2.58 bits per heavy atom. The van der Waals surface area contributed by atoms with Gasteiger partial charge in [-0.3, -0.25) is 4.79 Å². The molecular formula is C19H29N3O2. The summed E-state index contributed by atoms with van der Waals surface area (Å²) in [6.45, 7) is 4.13. The summed E-state index contributed by atoms with van der Waals surface area (Å²) in [5.74, 6) is 1.18. The second kappa shape index (κ2) is 8.38. The van der Waals surface area contributed by atoms with Gasteiger partial charge in [-0.2, -0.15) is 0 Å². The Morgan fingerprint density at radius 2 is 1.88 bits per heavy atom. The molecule has 3 rings (SSSR count). The van der Waals surface area contributed by atoms with E-state index < -0.39 is 0 Å². The number of nitrogens with zero attached hydrogens (tertiary/aromatic N) is 2. The lowest BCUT2D eigenvalue weighted by molar-refractivity contribution is -0.131. The van der Waals surface area contributed by atoms with Gasteiger partial charge in [0.2, 0.25) is 5.91 Å². The molecule has 0 atom stereocenters. The van der Waals surface area contributed by atoms with Gasteiger partial charge in [0.25, 0.3) is 0 Å². The number of nitrogens with one attached hydrogen (secondary N) is 1. The fraction of sp³-hybridized carbons (Fsp3) is 0.632. The van der Waals surface area contributed by atoms with Crippen molar-refractivity contribution in [3.63, 3.8) is 0 Å². The van der Waals surface area contributed by atoms with Crippen molar-refractivity contribution in [1.29, 1.82) is 0 Å². The van der Waals surface area contributed by atoms with Gasteiger partial charge in [0.1, 0.15) is 5.75 Å². The summed E-state index contributed by atoms with van der Waals surface area (Å²) in [5, 5.41) is 3.53. The minimum absolute atomic E-state index is 0.278. The maximum absolute atomic E-state index is 12.4. The second-order valence-corrected chi connectivity index (χ2v) is 6.73. The van der Waals surface area contributed by atoms with Crippen molar-refractivity contribution in [2.75, 3.05) is 44.7 Å². The molecule has 0 unspecified atom stereocenters. The Bertz CT molecular complexity index is 535. The largest absolute Gasteiger partial charge is 0.495 e. The van der Waals surface area contributed by atoms with E-state index in [0.29, 0.717) is 12.5 Å². The van der Waals surface area contributed by atoms with Crippen LogP contribution in [0.4, 0.5) is 5.69 Å². The summed E-state index contributed by atoms with van der Waals surface area (Å²) in [6, 6.07) is 8.73. The van der Waals surface area contributed by atoms with Gasteiger partial charge in [-0.15, -0.1) is 0 Å². The zero-order valence-corrected chi connectivity index (χ0v) is 14.7. The average molecular weight is 331 g/mol. The van der Waals surface area contributed by atoms with Crippen molar-refractivity contribution in [2.45, 2.75) is 38.1 Å². The molecule has 1 amide bonds. The highest BCUT2D eigenvalue weighted by Gasteiger charge is 2.23. The minimum atomic E-state index is 0.278. The standard InChI is InChI=1S/C19H29N3O2/c1-24-18-9-5-4-8-17(18)21-12-14-22(15-13-21)19(23)10-11-20-16-6-2-3-7-16/h4-5,8-9,16,20H,2-3,6-7,10-15H2,1H3.